The quantitative estimate of drug-likeness (QED) is 0.744. The molecule has 1 aliphatic carbocycles. The summed E-state index contributed by atoms with van der Waals surface area (Å²) in [6, 6.07) is 0. The van der Waals surface area contributed by atoms with Crippen molar-refractivity contribution in [2.45, 2.75) is 25.7 Å². The predicted octanol–water partition coefficient (Wildman–Crippen LogP) is 2.19. The molecule has 2 nitrogen and oxygen atoms in total. The largest absolute Gasteiger partial charge is 0.481 e. The minimum atomic E-state index is -0.869. The molecule has 1 aliphatic rings. The van der Waals surface area contributed by atoms with E-state index in [-0.39, 0.29) is 0 Å². The molecule has 0 bridgehead atoms. The van der Waals surface area contributed by atoms with Crippen molar-refractivity contribution in [2.24, 2.45) is 11.3 Å². The van der Waals surface area contributed by atoms with E-state index in [0.29, 0.717) is 25.7 Å². The predicted molar refractivity (Wildman–Crippen MR) is 44.0 cm³/mol. The third-order valence-corrected chi connectivity index (χ3v) is 2.96. The summed E-state index contributed by atoms with van der Waals surface area (Å²) < 4.78 is 25.0. The molecule has 0 unspecified atom stereocenters. The monoisotopic (exact) mass is 192 g/mol. The molecule has 1 rings (SSSR count). The summed E-state index contributed by atoms with van der Waals surface area (Å²) in [7, 11) is 0. The van der Waals surface area contributed by atoms with Gasteiger partial charge in [-0.3, -0.25) is 13.6 Å². The van der Waals surface area contributed by atoms with Crippen LogP contribution in [0.15, 0.2) is 0 Å². The Bertz CT molecular complexity index is 180. The van der Waals surface area contributed by atoms with Crippen molar-refractivity contribution in [3.63, 3.8) is 0 Å². The topological polar surface area (TPSA) is 37.3 Å². The number of alkyl halides is 2. The molecule has 1 fully saturated rings. The number of hydrogen-bond donors (Lipinski definition) is 1. The van der Waals surface area contributed by atoms with Gasteiger partial charge in [-0.1, -0.05) is 0 Å². The van der Waals surface area contributed by atoms with Crippen LogP contribution >= 0.6 is 0 Å². The third-order valence-electron chi connectivity index (χ3n) is 2.96. The van der Waals surface area contributed by atoms with Crippen LogP contribution in [0.25, 0.3) is 0 Å². The number of aliphatic carboxylic acids is 1. The lowest BCUT2D eigenvalue weighted by atomic mass is 9.72. The molecule has 0 amide bonds. The van der Waals surface area contributed by atoms with Crippen molar-refractivity contribution in [3.8, 4) is 0 Å². The van der Waals surface area contributed by atoms with Crippen molar-refractivity contribution in [2.75, 3.05) is 13.3 Å². The first-order valence-electron chi connectivity index (χ1n) is 4.48. The molecule has 0 radical (unpaired) electrons. The Hall–Kier alpha value is -0.670. The molecular formula is C9H14F2O2. The third kappa shape index (κ3) is 2.17. The molecular weight excluding hydrogens is 178 g/mol. The van der Waals surface area contributed by atoms with Crippen molar-refractivity contribution in [1.82, 2.24) is 0 Å². The van der Waals surface area contributed by atoms with Crippen LogP contribution in [-0.4, -0.2) is 24.4 Å². The number of carbonyl (C=O) groups is 1. The standard InChI is InChI=1S/C9H14F2O2/c10-5-9(6-11)3-1-7(2-4-9)8(12)13/h7H,1-6H2,(H,12,13). The summed E-state index contributed by atoms with van der Waals surface area (Å²) in [5.41, 5.74) is -0.869. The molecule has 0 aromatic rings. The molecule has 1 N–H and O–H groups in total. The molecule has 13 heavy (non-hydrogen) atoms. The van der Waals surface area contributed by atoms with E-state index >= 15 is 0 Å². The van der Waals surface area contributed by atoms with Gasteiger partial charge in [0.15, 0.2) is 0 Å². The molecule has 0 saturated heterocycles. The van der Waals surface area contributed by atoms with E-state index in [0.717, 1.165) is 0 Å². The van der Waals surface area contributed by atoms with Gasteiger partial charge in [0.05, 0.1) is 19.3 Å². The van der Waals surface area contributed by atoms with E-state index in [9.17, 15) is 13.6 Å². The second-order valence-electron chi connectivity index (χ2n) is 3.88. The van der Waals surface area contributed by atoms with Gasteiger partial charge in [0.25, 0.3) is 0 Å². The molecule has 0 aromatic heterocycles. The van der Waals surface area contributed by atoms with E-state index in [2.05, 4.69) is 0 Å². The molecule has 0 atom stereocenters. The number of halogens is 2. The van der Waals surface area contributed by atoms with E-state index < -0.39 is 30.7 Å². The fraction of sp³-hybridized carbons (Fsp3) is 0.889. The SMILES string of the molecule is O=C(O)C1CCC(CF)(CF)CC1. The first-order chi connectivity index (χ1) is 6.13. The fourth-order valence-electron chi connectivity index (χ4n) is 1.78. The summed E-state index contributed by atoms with van der Waals surface area (Å²) in [4.78, 5) is 10.6. The van der Waals surface area contributed by atoms with Crippen LogP contribution in [0.3, 0.4) is 0 Å². The van der Waals surface area contributed by atoms with Crippen LogP contribution in [0.1, 0.15) is 25.7 Å². The summed E-state index contributed by atoms with van der Waals surface area (Å²) in [5, 5.41) is 8.67. The molecule has 0 heterocycles. The van der Waals surface area contributed by atoms with Crippen LogP contribution in [0, 0.1) is 11.3 Å². The second kappa shape index (κ2) is 4.03. The maximum absolute atomic E-state index is 12.5. The zero-order valence-electron chi connectivity index (χ0n) is 7.43. The Kier molecular flexibility index (Phi) is 3.22. The highest BCUT2D eigenvalue weighted by molar-refractivity contribution is 5.70. The summed E-state index contributed by atoms with van der Waals surface area (Å²) in [5.74, 6) is -1.24. The summed E-state index contributed by atoms with van der Waals surface area (Å²) in [6.07, 6.45) is 1.53. The van der Waals surface area contributed by atoms with Crippen molar-refractivity contribution >= 4 is 5.97 Å². The Morgan fingerprint density at radius 2 is 1.77 bits per heavy atom. The van der Waals surface area contributed by atoms with Crippen LogP contribution in [-0.2, 0) is 4.79 Å². The zero-order valence-corrected chi connectivity index (χ0v) is 7.43. The molecule has 4 heteroatoms. The molecule has 76 valence electrons. The molecule has 0 aliphatic heterocycles. The van der Waals surface area contributed by atoms with Crippen LogP contribution in [0.5, 0.6) is 0 Å². The lowest BCUT2D eigenvalue weighted by molar-refractivity contribution is -0.144. The lowest BCUT2D eigenvalue weighted by Gasteiger charge is -2.34. The van der Waals surface area contributed by atoms with Crippen molar-refractivity contribution < 1.29 is 18.7 Å². The maximum Gasteiger partial charge on any atom is 0.306 e. The van der Waals surface area contributed by atoms with Crippen LogP contribution < -0.4 is 0 Å². The van der Waals surface area contributed by atoms with Gasteiger partial charge in [-0.05, 0) is 25.7 Å². The number of carboxylic acid groups (broad SMARTS) is 1. The average molecular weight is 192 g/mol. The first-order valence-corrected chi connectivity index (χ1v) is 4.48. The van der Waals surface area contributed by atoms with Gasteiger partial charge >= 0.3 is 5.97 Å². The first kappa shape index (κ1) is 10.4. The lowest BCUT2D eigenvalue weighted by Crippen LogP contribution is -2.33. The van der Waals surface area contributed by atoms with Gasteiger partial charge < -0.3 is 5.11 Å². The number of hydrogen-bond acceptors (Lipinski definition) is 1. The van der Waals surface area contributed by atoms with Gasteiger partial charge in [0.2, 0.25) is 0 Å². The minimum Gasteiger partial charge on any atom is -0.481 e. The van der Waals surface area contributed by atoms with Gasteiger partial charge in [0.1, 0.15) is 0 Å². The summed E-state index contributed by atoms with van der Waals surface area (Å²) >= 11 is 0. The van der Waals surface area contributed by atoms with Crippen molar-refractivity contribution in [1.29, 1.82) is 0 Å². The van der Waals surface area contributed by atoms with Gasteiger partial charge in [-0.25, -0.2) is 0 Å². The van der Waals surface area contributed by atoms with E-state index in [1.165, 1.54) is 0 Å². The highest BCUT2D eigenvalue weighted by Crippen LogP contribution is 2.39. The maximum atomic E-state index is 12.5. The Balaban J connectivity index is 2.50. The van der Waals surface area contributed by atoms with E-state index in [1.54, 1.807) is 0 Å². The smallest absolute Gasteiger partial charge is 0.306 e. The Morgan fingerprint density at radius 1 is 1.31 bits per heavy atom. The van der Waals surface area contributed by atoms with Gasteiger partial charge in [-0.2, -0.15) is 0 Å². The normalized spacial score (nSPS) is 22.9. The van der Waals surface area contributed by atoms with Crippen molar-refractivity contribution in [3.05, 3.63) is 0 Å². The fourth-order valence-corrected chi connectivity index (χ4v) is 1.78. The zero-order chi connectivity index (χ0) is 9.90. The Labute approximate surface area is 75.9 Å². The molecule has 0 aromatic carbocycles. The number of carboxylic acids is 1. The van der Waals surface area contributed by atoms with Crippen LogP contribution in [0.4, 0.5) is 8.78 Å². The molecule has 0 spiro atoms. The summed E-state index contributed by atoms with van der Waals surface area (Å²) in [6.45, 7) is -1.34. The number of rotatable bonds is 3. The van der Waals surface area contributed by atoms with Crippen LogP contribution in [0.2, 0.25) is 0 Å². The van der Waals surface area contributed by atoms with E-state index in [4.69, 9.17) is 5.11 Å². The molecule has 1 saturated carbocycles. The highest BCUT2D eigenvalue weighted by atomic mass is 19.1. The second-order valence-corrected chi connectivity index (χ2v) is 3.88. The van der Waals surface area contributed by atoms with E-state index in [1.807, 2.05) is 0 Å². The highest BCUT2D eigenvalue weighted by Gasteiger charge is 2.37. The van der Waals surface area contributed by atoms with Gasteiger partial charge in [0, 0.05) is 5.41 Å². The van der Waals surface area contributed by atoms with Gasteiger partial charge in [-0.15, -0.1) is 0 Å². The Morgan fingerprint density at radius 3 is 2.08 bits per heavy atom. The minimum absolute atomic E-state index is 0.358. The average Bonchev–Trinajstić information content (AvgIpc) is 2.18.